The van der Waals surface area contributed by atoms with E-state index in [9.17, 15) is 13.2 Å². The van der Waals surface area contributed by atoms with Crippen molar-refractivity contribution in [3.05, 3.63) is 36.3 Å². The molecule has 0 aliphatic rings. The normalized spacial score (nSPS) is 11.7. The molecule has 2 rings (SSSR count). The predicted octanol–water partition coefficient (Wildman–Crippen LogP) is 2.67. The number of anilines is 1. The molecule has 0 aliphatic heterocycles. The van der Waals surface area contributed by atoms with E-state index in [1.54, 1.807) is 17.1 Å². The van der Waals surface area contributed by atoms with Crippen molar-refractivity contribution in [2.45, 2.75) is 17.7 Å². The fourth-order valence-corrected chi connectivity index (χ4v) is 2.16. The van der Waals surface area contributed by atoms with Gasteiger partial charge in [-0.05, 0) is 12.1 Å². The molecular weight excluding hydrogens is 277 g/mol. The van der Waals surface area contributed by atoms with Crippen LogP contribution in [0.15, 0.2) is 35.7 Å². The van der Waals surface area contributed by atoms with Gasteiger partial charge in [0.25, 0.3) is 0 Å². The molecule has 19 heavy (non-hydrogen) atoms. The Morgan fingerprint density at radius 2 is 2.05 bits per heavy atom. The van der Waals surface area contributed by atoms with Gasteiger partial charge < -0.3 is 5.73 Å². The van der Waals surface area contributed by atoms with Gasteiger partial charge in [0.05, 0.1) is 29.0 Å². The highest BCUT2D eigenvalue weighted by atomic mass is 32.2. The Balaban J connectivity index is 1.86. The lowest BCUT2D eigenvalue weighted by atomic mass is 10.3. The van der Waals surface area contributed by atoms with E-state index in [0.29, 0.717) is 23.0 Å². The first-order valence-corrected chi connectivity index (χ1v) is 6.38. The summed E-state index contributed by atoms with van der Waals surface area (Å²) in [5, 5.41) is 4.55. The van der Waals surface area contributed by atoms with Crippen molar-refractivity contribution < 1.29 is 13.2 Å². The van der Waals surface area contributed by atoms with E-state index >= 15 is 0 Å². The van der Waals surface area contributed by atoms with Crippen molar-refractivity contribution in [2.75, 3.05) is 11.5 Å². The third-order valence-corrected chi connectivity index (χ3v) is 3.21. The highest BCUT2D eigenvalue weighted by molar-refractivity contribution is 7.99. The van der Waals surface area contributed by atoms with Gasteiger partial charge in [-0.1, -0.05) is 0 Å². The molecule has 0 atom stereocenters. The highest BCUT2D eigenvalue weighted by Gasteiger charge is 2.30. The molecule has 0 fully saturated rings. The zero-order valence-corrected chi connectivity index (χ0v) is 10.6. The van der Waals surface area contributed by atoms with Gasteiger partial charge in [0.2, 0.25) is 0 Å². The first kappa shape index (κ1) is 13.7. The van der Waals surface area contributed by atoms with Gasteiger partial charge in [0.1, 0.15) is 0 Å². The molecule has 2 aromatic rings. The van der Waals surface area contributed by atoms with E-state index in [2.05, 4.69) is 10.1 Å². The van der Waals surface area contributed by atoms with Gasteiger partial charge >= 0.3 is 6.18 Å². The molecule has 0 saturated carbocycles. The lowest BCUT2D eigenvalue weighted by Gasteiger charge is -2.06. The molecule has 0 bridgehead atoms. The Morgan fingerprint density at radius 3 is 2.58 bits per heavy atom. The molecule has 2 heterocycles. The number of hydrogen-bond donors (Lipinski definition) is 1. The summed E-state index contributed by atoms with van der Waals surface area (Å²) in [7, 11) is 0. The molecule has 4 nitrogen and oxygen atoms in total. The largest absolute Gasteiger partial charge is 0.417 e. The molecule has 0 saturated heterocycles. The number of aromatic nitrogens is 3. The molecule has 0 aromatic carbocycles. The summed E-state index contributed by atoms with van der Waals surface area (Å²) in [5.41, 5.74) is 5.35. The number of pyridine rings is 1. The minimum absolute atomic E-state index is 0.549. The zero-order chi connectivity index (χ0) is 13.9. The SMILES string of the molecule is Nc1cnn(CCSc2ccc(C(F)(F)F)cn2)c1. The van der Waals surface area contributed by atoms with Gasteiger partial charge in [0.15, 0.2) is 0 Å². The maximum absolute atomic E-state index is 12.3. The molecule has 2 aromatic heterocycles. The van der Waals surface area contributed by atoms with Crippen molar-refractivity contribution in [1.82, 2.24) is 14.8 Å². The van der Waals surface area contributed by atoms with Crippen LogP contribution in [-0.2, 0) is 12.7 Å². The average Bonchev–Trinajstić information content (AvgIpc) is 2.75. The van der Waals surface area contributed by atoms with Gasteiger partial charge in [-0.15, -0.1) is 11.8 Å². The number of nitrogens with two attached hydrogens (primary N) is 1. The fourth-order valence-electron chi connectivity index (χ4n) is 1.38. The third-order valence-electron chi connectivity index (χ3n) is 2.29. The van der Waals surface area contributed by atoms with Crippen molar-refractivity contribution in [2.24, 2.45) is 0 Å². The Bertz CT molecular complexity index is 536. The second-order valence-corrected chi connectivity index (χ2v) is 4.88. The molecule has 0 unspecified atom stereocenters. The fraction of sp³-hybridized carbons (Fsp3) is 0.273. The predicted molar refractivity (Wildman–Crippen MR) is 66.6 cm³/mol. The average molecular weight is 288 g/mol. The van der Waals surface area contributed by atoms with Crippen LogP contribution in [0.4, 0.5) is 18.9 Å². The van der Waals surface area contributed by atoms with Crippen LogP contribution in [0.1, 0.15) is 5.56 Å². The Labute approximate surface area is 111 Å². The maximum atomic E-state index is 12.3. The van der Waals surface area contributed by atoms with Crippen LogP contribution in [0.5, 0.6) is 0 Å². The summed E-state index contributed by atoms with van der Waals surface area (Å²) in [6, 6.07) is 2.40. The first-order valence-electron chi connectivity index (χ1n) is 5.39. The lowest BCUT2D eigenvalue weighted by molar-refractivity contribution is -0.137. The number of halogens is 3. The molecular formula is C11H11F3N4S. The summed E-state index contributed by atoms with van der Waals surface area (Å²) in [6.07, 6.45) is -0.265. The minimum atomic E-state index is -4.34. The summed E-state index contributed by atoms with van der Waals surface area (Å²) in [6.45, 7) is 0.616. The Hall–Kier alpha value is -1.70. The van der Waals surface area contributed by atoms with Crippen molar-refractivity contribution in [3.8, 4) is 0 Å². The van der Waals surface area contributed by atoms with E-state index in [1.165, 1.54) is 17.8 Å². The van der Waals surface area contributed by atoms with Crippen LogP contribution < -0.4 is 5.73 Å². The van der Waals surface area contributed by atoms with Gasteiger partial charge in [0, 0.05) is 18.1 Å². The van der Waals surface area contributed by atoms with E-state index in [0.717, 1.165) is 12.3 Å². The molecule has 0 aliphatic carbocycles. The standard InChI is InChI=1S/C11H11F3N4S/c12-11(13,14)8-1-2-10(16-5-8)19-4-3-18-7-9(15)6-17-18/h1-2,5-7H,3-4,15H2. The van der Waals surface area contributed by atoms with Crippen molar-refractivity contribution >= 4 is 17.4 Å². The van der Waals surface area contributed by atoms with Crippen LogP contribution in [0.25, 0.3) is 0 Å². The molecule has 102 valence electrons. The smallest absolute Gasteiger partial charge is 0.396 e. The summed E-state index contributed by atoms with van der Waals surface area (Å²) in [5.74, 6) is 0.652. The maximum Gasteiger partial charge on any atom is 0.417 e. The van der Waals surface area contributed by atoms with Crippen LogP contribution in [0.3, 0.4) is 0 Å². The molecule has 0 spiro atoms. The number of rotatable bonds is 4. The monoisotopic (exact) mass is 288 g/mol. The van der Waals surface area contributed by atoms with E-state index in [-0.39, 0.29) is 0 Å². The molecule has 8 heteroatoms. The van der Waals surface area contributed by atoms with Gasteiger partial charge in [-0.2, -0.15) is 18.3 Å². The zero-order valence-electron chi connectivity index (χ0n) is 9.76. The minimum Gasteiger partial charge on any atom is -0.396 e. The van der Waals surface area contributed by atoms with Crippen LogP contribution >= 0.6 is 11.8 Å². The van der Waals surface area contributed by atoms with Gasteiger partial charge in [-0.25, -0.2) is 4.98 Å². The van der Waals surface area contributed by atoms with Gasteiger partial charge in [-0.3, -0.25) is 4.68 Å². The van der Waals surface area contributed by atoms with Crippen LogP contribution in [0, 0.1) is 0 Å². The number of thioether (sulfide) groups is 1. The number of alkyl halides is 3. The lowest BCUT2D eigenvalue weighted by Crippen LogP contribution is -2.05. The summed E-state index contributed by atoms with van der Waals surface area (Å²) < 4.78 is 38.6. The third kappa shape index (κ3) is 3.88. The summed E-state index contributed by atoms with van der Waals surface area (Å²) in [4.78, 5) is 3.77. The van der Waals surface area contributed by atoms with E-state index in [1.807, 2.05) is 0 Å². The molecule has 0 amide bonds. The topological polar surface area (TPSA) is 56.7 Å². The first-order chi connectivity index (χ1) is 8.95. The summed E-state index contributed by atoms with van der Waals surface area (Å²) >= 11 is 1.36. The van der Waals surface area contributed by atoms with Crippen molar-refractivity contribution in [1.29, 1.82) is 0 Å². The Kier molecular flexibility index (Phi) is 3.98. The molecule has 0 radical (unpaired) electrons. The number of hydrogen-bond acceptors (Lipinski definition) is 4. The number of nitrogens with zero attached hydrogens (tertiary/aromatic N) is 3. The van der Waals surface area contributed by atoms with Crippen LogP contribution in [0.2, 0.25) is 0 Å². The number of nitrogen functional groups attached to an aromatic ring is 1. The van der Waals surface area contributed by atoms with E-state index in [4.69, 9.17) is 5.73 Å². The van der Waals surface area contributed by atoms with E-state index < -0.39 is 11.7 Å². The quantitative estimate of drug-likeness (QED) is 0.879. The highest BCUT2D eigenvalue weighted by Crippen LogP contribution is 2.29. The second-order valence-electron chi connectivity index (χ2n) is 3.77. The van der Waals surface area contributed by atoms with Crippen molar-refractivity contribution in [3.63, 3.8) is 0 Å². The van der Waals surface area contributed by atoms with Crippen LogP contribution in [-0.4, -0.2) is 20.5 Å². The second kappa shape index (κ2) is 5.52. The number of aryl methyl sites for hydroxylation is 1. The Morgan fingerprint density at radius 1 is 1.26 bits per heavy atom. The molecule has 2 N–H and O–H groups in total.